The molecule has 0 unspecified atom stereocenters. The summed E-state index contributed by atoms with van der Waals surface area (Å²) in [5.41, 5.74) is 13.8. The van der Waals surface area contributed by atoms with Crippen LogP contribution in [0.2, 0.25) is 0 Å². The van der Waals surface area contributed by atoms with Crippen LogP contribution < -0.4 is 16.8 Å². The molecule has 1 heterocycles. The summed E-state index contributed by atoms with van der Waals surface area (Å²) >= 11 is 0. The van der Waals surface area contributed by atoms with E-state index in [1.165, 1.54) is 0 Å². The van der Waals surface area contributed by atoms with Gasteiger partial charge in [0.05, 0.1) is 6.61 Å². The van der Waals surface area contributed by atoms with Crippen LogP contribution in [0.3, 0.4) is 0 Å². The van der Waals surface area contributed by atoms with Gasteiger partial charge in [-0.05, 0) is 17.7 Å². The lowest BCUT2D eigenvalue weighted by atomic mass is 10.1. The van der Waals surface area contributed by atoms with Crippen molar-refractivity contribution in [2.75, 3.05) is 29.9 Å². The molecular weight excluding hydrogens is 230 g/mol. The van der Waals surface area contributed by atoms with Gasteiger partial charge in [0.2, 0.25) is 5.95 Å². The molecule has 6 N–H and O–H groups in total. The Labute approximate surface area is 105 Å². The highest BCUT2D eigenvalue weighted by atomic mass is 16.3. The zero-order chi connectivity index (χ0) is 13.0. The molecule has 2 aromatic rings. The van der Waals surface area contributed by atoms with Crippen molar-refractivity contribution in [1.82, 2.24) is 9.97 Å². The first-order chi connectivity index (χ1) is 8.70. The van der Waals surface area contributed by atoms with Crippen molar-refractivity contribution in [3.8, 4) is 11.1 Å². The number of anilines is 3. The number of nitrogens with one attached hydrogen (secondary N) is 1. The third kappa shape index (κ3) is 2.67. The minimum Gasteiger partial charge on any atom is -0.395 e. The summed E-state index contributed by atoms with van der Waals surface area (Å²) in [5.74, 6) is 0.507. The molecular formula is C12H15N5O. The van der Waals surface area contributed by atoms with E-state index in [2.05, 4.69) is 15.3 Å². The van der Waals surface area contributed by atoms with Gasteiger partial charge in [0.1, 0.15) is 5.82 Å². The zero-order valence-electron chi connectivity index (χ0n) is 9.80. The fourth-order valence-corrected chi connectivity index (χ4v) is 1.63. The molecule has 0 aliphatic carbocycles. The smallest absolute Gasteiger partial charge is 0.221 e. The second-order valence-electron chi connectivity index (χ2n) is 3.76. The predicted molar refractivity (Wildman–Crippen MR) is 71.9 cm³/mol. The van der Waals surface area contributed by atoms with Crippen LogP contribution in [0.5, 0.6) is 0 Å². The number of aliphatic hydroxyl groups excluding tert-OH is 1. The quantitative estimate of drug-likeness (QED) is 0.631. The fraction of sp³-hybridized carbons (Fsp3) is 0.167. The Morgan fingerprint density at radius 1 is 1.28 bits per heavy atom. The molecule has 0 atom stereocenters. The topological polar surface area (TPSA) is 110 Å². The summed E-state index contributed by atoms with van der Waals surface area (Å²) in [6.07, 6.45) is 1.60. The minimum absolute atomic E-state index is 0.0807. The molecule has 2 rings (SSSR count). The second kappa shape index (κ2) is 5.33. The Kier molecular flexibility index (Phi) is 3.59. The van der Waals surface area contributed by atoms with E-state index in [0.717, 1.165) is 16.8 Å². The molecule has 94 valence electrons. The van der Waals surface area contributed by atoms with Crippen LogP contribution in [0.4, 0.5) is 17.5 Å². The van der Waals surface area contributed by atoms with Gasteiger partial charge in [-0.2, -0.15) is 4.98 Å². The van der Waals surface area contributed by atoms with Crippen molar-refractivity contribution < 1.29 is 5.11 Å². The molecule has 0 fully saturated rings. The van der Waals surface area contributed by atoms with Crippen molar-refractivity contribution in [2.24, 2.45) is 0 Å². The Morgan fingerprint density at radius 2 is 2.11 bits per heavy atom. The van der Waals surface area contributed by atoms with Gasteiger partial charge in [-0.3, -0.25) is 0 Å². The predicted octanol–water partition coefficient (Wildman–Crippen LogP) is 0.712. The molecule has 1 aromatic heterocycles. The number of nitrogens with zero attached hydrogens (tertiary/aromatic N) is 2. The molecule has 1 aromatic carbocycles. The number of hydrogen-bond acceptors (Lipinski definition) is 6. The third-order valence-corrected chi connectivity index (χ3v) is 2.45. The lowest BCUT2D eigenvalue weighted by molar-refractivity contribution is 0.311. The van der Waals surface area contributed by atoms with E-state index in [0.29, 0.717) is 12.4 Å². The highest BCUT2D eigenvalue weighted by Crippen LogP contribution is 2.26. The van der Waals surface area contributed by atoms with Gasteiger partial charge in [-0.1, -0.05) is 12.1 Å². The zero-order valence-corrected chi connectivity index (χ0v) is 9.80. The SMILES string of the molecule is Nc1ncc(-c2cccc(NCCO)c2)c(N)n1. The van der Waals surface area contributed by atoms with Crippen LogP contribution in [0, 0.1) is 0 Å². The first-order valence-corrected chi connectivity index (χ1v) is 5.54. The maximum absolute atomic E-state index is 8.77. The molecule has 0 aliphatic rings. The lowest BCUT2D eigenvalue weighted by Gasteiger charge is -2.08. The molecule has 0 radical (unpaired) electrons. The maximum atomic E-state index is 8.77. The average Bonchev–Trinajstić information content (AvgIpc) is 2.36. The number of aliphatic hydroxyl groups is 1. The largest absolute Gasteiger partial charge is 0.395 e. The minimum atomic E-state index is 0.0807. The Balaban J connectivity index is 2.32. The summed E-state index contributed by atoms with van der Waals surface area (Å²) < 4.78 is 0. The summed E-state index contributed by atoms with van der Waals surface area (Å²) in [6, 6.07) is 7.63. The first-order valence-electron chi connectivity index (χ1n) is 5.54. The van der Waals surface area contributed by atoms with Crippen molar-refractivity contribution in [1.29, 1.82) is 0 Å². The number of hydrogen-bond donors (Lipinski definition) is 4. The van der Waals surface area contributed by atoms with Crippen LogP contribution >= 0.6 is 0 Å². The van der Waals surface area contributed by atoms with Gasteiger partial charge in [-0.15, -0.1) is 0 Å². The van der Waals surface area contributed by atoms with E-state index >= 15 is 0 Å². The third-order valence-electron chi connectivity index (χ3n) is 2.45. The maximum Gasteiger partial charge on any atom is 0.221 e. The van der Waals surface area contributed by atoms with E-state index in [4.69, 9.17) is 16.6 Å². The molecule has 0 saturated carbocycles. The number of rotatable bonds is 4. The van der Waals surface area contributed by atoms with Gasteiger partial charge in [0, 0.05) is 24.0 Å². The molecule has 0 spiro atoms. The molecule has 0 aliphatic heterocycles. The molecule has 6 nitrogen and oxygen atoms in total. The van der Waals surface area contributed by atoms with E-state index in [1.54, 1.807) is 6.20 Å². The van der Waals surface area contributed by atoms with Gasteiger partial charge >= 0.3 is 0 Å². The van der Waals surface area contributed by atoms with Crippen molar-refractivity contribution in [3.63, 3.8) is 0 Å². The summed E-state index contributed by atoms with van der Waals surface area (Å²) in [7, 11) is 0. The Morgan fingerprint density at radius 3 is 2.83 bits per heavy atom. The number of nitrogens with two attached hydrogens (primary N) is 2. The van der Waals surface area contributed by atoms with Crippen LogP contribution in [0.15, 0.2) is 30.5 Å². The van der Waals surface area contributed by atoms with Crippen molar-refractivity contribution >= 4 is 17.5 Å². The summed E-state index contributed by atoms with van der Waals surface area (Å²) in [6.45, 7) is 0.578. The Bertz CT molecular complexity index is 544. The van der Waals surface area contributed by atoms with E-state index in [1.807, 2.05) is 24.3 Å². The molecule has 6 heteroatoms. The van der Waals surface area contributed by atoms with Crippen LogP contribution in [0.1, 0.15) is 0 Å². The Hall–Kier alpha value is -2.34. The standard InChI is InChI=1S/C12H15N5O/c13-11-10(7-16-12(14)17-11)8-2-1-3-9(6-8)15-4-5-18/h1-3,6-7,15,18H,4-5H2,(H4,13,14,16,17). The van der Waals surface area contributed by atoms with Crippen LogP contribution in [-0.4, -0.2) is 28.2 Å². The van der Waals surface area contributed by atoms with Crippen LogP contribution in [-0.2, 0) is 0 Å². The van der Waals surface area contributed by atoms with Crippen molar-refractivity contribution in [3.05, 3.63) is 30.5 Å². The van der Waals surface area contributed by atoms with Gasteiger partial charge in [0.25, 0.3) is 0 Å². The number of aromatic nitrogens is 2. The summed E-state index contributed by atoms with van der Waals surface area (Å²) in [4.78, 5) is 7.86. The molecule has 0 saturated heterocycles. The van der Waals surface area contributed by atoms with Gasteiger partial charge in [0.15, 0.2) is 0 Å². The van der Waals surface area contributed by atoms with E-state index in [9.17, 15) is 0 Å². The molecule has 0 amide bonds. The average molecular weight is 245 g/mol. The van der Waals surface area contributed by atoms with E-state index in [-0.39, 0.29) is 12.6 Å². The lowest BCUT2D eigenvalue weighted by Crippen LogP contribution is -2.05. The van der Waals surface area contributed by atoms with Crippen molar-refractivity contribution in [2.45, 2.75) is 0 Å². The molecule has 0 bridgehead atoms. The number of nitrogen functional groups attached to an aromatic ring is 2. The first kappa shape index (κ1) is 12.1. The highest BCUT2D eigenvalue weighted by Gasteiger charge is 2.05. The van der Waals surface area contributed by atoms with E-state index < -0.39 is 0 Å². The summed E-state index contributed by atoms with van der Waals surface area (Å²) in [5, 5.41) is 11.9. The second-order valence-corrected chi connectivity index (χ2v) is 3.76. The molecule has 18 heavy (non-hydrogen) atoms. The van der Waals surface area contributed by atoms with Gasteiger partial charge < -0.3 is 21.9 Å². The van der Waals surface area contributed by atoms with Crippen LogP contribution in [0.25, 0.3) is 11.1 Å². The highest BCUT2D eigenvalue weighted by molar-refractivity contribution is 5.75. The number of benzene rings is 1. The fourth-order valence-electron chi connectivity index (χ4n) is 1.63. The normalized spacial score (nSPS) is 10.3. The van der Waals surface area contributed by atoms with Gasteiger partial charge in [-0.25, -0.2) is 4.98 Å². The monoisotopic (exact) mass is 245 g/mol.